The van der Waals surface area contributed by atoms with Crippen LogP contribution >= 0.6 is 0 Å². The minimum absolute atomic E-state index is 0.143. The molecule has 30 heavy (non-hydrogen) atoms. The average Bonchev–Trinajstić information content (AvgIpc) is 3.02. The van der Waals surface area contributed by atoms with Crippen molar-refractivity contribution in [1.82, 2.24) is 15.0 Å². The normalized spacial score (nSPS) is 14.8. The Labute approximate surface area is 174 Å². The van der Waals surface area contributed by atoms with E-state index in [-0.39, 0.29) is 5.78 Å². The van der Waals surface area contributed by atoms with Gasteiger partial charge in [0.05, 0.1) is 29.5 Å². The van der Waals surface area contributed by atoms with Crippen molar-refractivity contribution in [1.29, 1.82) is 0 Å². The molecule has 3 aromatic rings. The van der Waals surface area contributed by atoms with Crippen LogP contribution in [0.25, 0.3) is 17.0 Å². The average molecular weight is 399 g/mol. The summed E-state index contributed by atoms with van der Waals surface area (Å²) < 4.78 is 0. The standard InChI is InChI=1S/C23H21N5O2/c1-14-8-9-16(21-22(29)23(3,4)30-28-21)11-17(14)19-12-26-20(13-25-19)27-15(2)18-7-5-6-10-24-18/h5-13H,2H2,1,3-4H3,(H,26,27). The quantitative estimate of drug-likeness (QED) is 0.697. The first-order valence-electron chi connectivity index (χ1n) is 9.47. The fourth-order valence-corrected chi connectivity index (χ4v) is 3.05. The molecule has 0 bridgehead atoms. The third-order valence-corrected chi connectivity index (χ3v) is 4.82. The predicted octanol–water partition coefficient (Wildman–Crippen LogP) is 4.01. The van der Waals surface area contributed by atoms with Crippen molar-refractivity contribution >= 4 is 23.0 Å². The van der Waals surface area contributed by atoms with Crippen LogP contribution < -0.4 is 5.32 Å². The second-order valence-electron chi connectivity index (χ2n) is 7.51. The number of aromatic nitrogens is 3. The number of hydrogen-bond donors (Lipinski definition) is 1. The third kappa shape index (κ3) is 3.69. The molecule has 1 aromatic carbocycles. The molecule has 7 nitrogen and oxygen atoms in total. The number of oxime groups is 1. The predicted molar refractivity (Wildman–Crippen MR) is 116 cm³/mol. The van der Waals surface area contributed by atoms with E-state index < -0.39 is 5.60 Å². The minimum atomic E-state index is -0.941. The van der Waals surface area contributed by atoms with E-state index in [9.17, 15) is 4.79 Å². The molecule has 1 N–H and O–H groups in total. The van der Waals surface area contributed by atoms with E-state index in [4.69, 9.17) is 4.84 Å². The highest BCUT2D eigenvalue weighted by Gasteiger charge is 2.40. The number of pyridine rings is 1. The lowest BCUT2D eigenvalue weighted by molar-refractivity contribution is -0.128. The maximum absolute atomic E-state index is 12.5. The van der Waals surface area contributed by atoms with Crippen LogP contribution in [-0.2, 0) is 9.63 Å². The molecule has 4 rings (SSSR count). The zero-order valence-corrected chi connectivity index (χ0v) is 17.0. The number of benzene rings is 1. The summed E-state index contributed by atoms with van der Waals surface area (Å²) in [5.74, 6) is 0.421. The van der Waals surface area contributed by atoms with Gasteiger partial charge in [-0.25, -0.2) is 4.98 Å². The van der Waals surface area contributed by atoms with E-state index >= 15 is 0 Å². The number of aryl methyl sites for hydroxylation is 1. The molecule has 0 spiro atoms. The third-order valence-electron chi connectivity index (χ3n) is 4.82. The second kappa shape index (κ2) is 7.51. The summed E-state index contributed by atoms with van der Waals surface area (Å²) in [5, 5.41) is 7.10. The smallest absolute Gasteiger partial charge is 0.230 e. The fraction of sp³-hybridized carbons (Fsp3) is 0.174. The Kier molecular flexibility index (Phi) is 4.87. The van der Waals surface area contributed by atoms with Crippen molar-refractivity contribution in [2.24, 2.45) is 5.16 Å². The highest BCUT2D eigenvalue weighted by molar-refractivity contribution is 6.49. The summed E-state index contributed by atoms with van der Waals surface area (Å²) in [5.41, 5.74) is 4.01. The van der Waals surface area contributed by atoms with E-state index in [0.29, 0.717) is 28.5 Å². The van der Waals surface area contributed by atoms with E-state index in [1.54, 1.807) is 32.4 Å². The number of Topliss-reactive ketones (excluding diaryl/α,β-unsaturated/α-hetero) is 1. The van der Waals surface area contributed by atoms with Gasteiger partial charge in [-0.15, -0.1) is 0 Å². The van der Waals surface area contributed by atoms with Gasteiger partial charge in [0, 0.05) is 17.3 Å². The van der Waals surface area contributed by atoms with Gasteiger partial charge >= 0.3 is 0 Å². The van der Waals surface area contributed by atoms with Gasteiger partial charge < -0.3 is 10.2 Å². The summed E-state index contributed by atoms with van der Waals surface area (Å²) in [7, 11) is 0. The van der Waals surface area contributed by atoms with Crippen LogP contribution in [-0.4, -0.2) is 32.0 Å². The highest BCUT2D eigenvalue weighted by Crippen LogP contribution is 2.27. The lowest BCUT2D eigenvalue weighted by Crippen LogP contribution is -2.33. The van der Waals surface area contributed by atoms with Crippen molar-refractivity contribution in [2.45, 2.75) is 26.4 Å². The van der Waals surface area contributed by atoms with E-state index in [1.807, 2.05) is 43.3 Å². The molecule has 0 amide bonds. The van der Waals surface area contributed by atoms with Gasteiger partial charge in [0.2, 0.25) is 5.78 Å². The van der Waals surface area contributed by atoms with E-state index in [1.165, 1.54) is 0 Å². The monoisotopic (exact) mass is 399 g/mol. The number of carbonyl (C=O) groups is 1. The maximum Gasteiger partial charge on any atom is 0.230 e. The number of hydrogen-bond acceptors (Lipinski definition) is 7. The van der Waals surface area contributed by atoms with Gasteiger partial charge in [0.25, 0.3) is 0 Å². The van der Waals surface area contributed by atoms with Crippen LogP contribution in [0.1, 0.15) is 30.7 Å². The molecule has 2 aromatic heterocycles. The topological polar surface area (TPSA) is 89.4 Å². The second-order valence-corrected chi connectivity index (χ2v) is 7.51. The minimum Gasteiger partial charge on any atom is -0.381 e. The Balaban J connectivity index is 1.57. The molecule has 1 aliphatic heterocycles. The number of carbonyl (C=O) groups excluding carboxylic acids is 1. The van der Waals surface area contributed by atoms with Gasteiger partial charge in [-0.05, 0) is 44.5 Å². The van der Waals surface area contributed by atoms with Crippen molar-refractivity contribution < 1.29 is 9.63 Å². The zero-order valence-electron chi connectivity index (χ0n) is 17.0. The summed E-state index contributed by atoms with van der Waals surface area (Å²) in [4.78, 5) is 31.0. The maximum atomic E-state index is 12.5. The number of anilines is 1. The molecular weight excluding hydrogens is 378 g/mol. The molecule has 7 heteroatoms. The van der Waals surface area contributed by atoms with Crippen LogP contribution in [0.2, 0.25) is 0 Å². The van der Waals surface area contributed by atoms with Crippen molar-refractivity contribution in [3.8, 4) is 11.3 Å². The van der Waals surface area contributed by atoms with Gasteiger partial charge in [0.15, 0.2) is 11.3 Å². The Morgan fingerprint density at radius 2 is 1.93 bits per heavy atom. The molecule has 0 aliphatic carbocycles. The van der Waals surface area contributed by atoms with Gasteiger partial charge in [0.1, 0.15) is 5.82 Å². The lowest BCUT2D eigenvalue weighted by atomic mass is 9.93. The first-order chi connectivity index (χ1) is 14.3. The number of nitrogens with zero attached hydrogens (tertiary/aromatic N) is 4. The van der Waals surface area contributed by atoms with Crippen molar-refractivity contribution in [3.63, 3.8) is 0 Å². The first-order valence-corrected chi connectivity index (χ1v) is 9.47. The van der Waals surface area contributed by atoms with Crippen LogP contribution in [0.15, 0.2) is 66.7 Å². The Morgan fingerprint density at radius 3 is 2.57 bits per heavy atom. The fourth-order valence-electron chi connectivity index (χ4n) is 3.05. The van der Waals surface area contributed by atoms with Crippen LogP contribution in [0.3, 0.4) is 0 Å². The SMILES string of the molecule is C=C(Nc1cnc(-c2cc(C3=NOC(C)(C)C3=O)ccc2C)cn1)c1ccccn1. The van der Waals surface area contributed by atoms with Gasteiger partial charge in [-0.3, -0.25) is 14.8 Å². The first kappa shape index (κ1) is 19.4. The van der Waals surface area contributed by atoms with E-state index in [2.05, 4.69) is 32.0 Å². The molecule has 150 valence electrons. The molecular formula is C23H21N5O2. The number of rotatable bonds is 5. The van der Waals surface area contributed by atoms with E-state index in [0.717, 1.165) is 16.8 Å². The molecule has 0 saturated carbocycles. The summed E-state index contributed by atoms with van der Waals surface area (Å²) >= 11 is 0. The Morgan fingerprint density at radius 1 is 1.10 bits per heavy atom. The van der Waals surface area contributed by atoms with Crippen molar-refractivity contribution in [2.75, 3.05) is 5.32 Å². The summed E-state index contributed by atoms with van der Waals surface area (Å²) in [6, 6.07) is 11.3. The summed E-state index contributed by atoms with van der Waals surface area (Å²) in [6.07, 6.45) is 5.02. The molecule has 0 fully saturated rings. The molecule has 3 heterocycles. The highest BCUT2D eigenvalue weighted by atomic mass is 16.7. The van der Waals surface area contributed by atoms with Gasteiger partial charge in [-0.2, -0.15) is 0 Å². The molecule has 0 atom stereocenters. The lowest BCUT2D eigenvalue weighted by Gasteiger charge is -2.12. The molecule has 0 saturated heterocycles. The van der Waals surface area contributed by atoms with Crippen LogP contribution in [0.5, 0.6) is 0 Å². The Hall–Kier alpha value is -3.87. The van der Waals surface area contributed by atoms with Crippen LogP contribution in [0.4, 0.5) is 5.82 Å². The molecule has 0 unspecified atom stereocenters. The number of ketones is 1. The zero-order chi connectivity index (χ0) is 21.3. The van der Waals surface area contributed by atoms with Crippen molar-refractivity contribution in [3.05, 3.63) is 78.4 Å². The largest absolute Gasteiger partial charge is 0.381 e. The number of nitrogens with one attached hydrogen (secondary N) is 1. The van der Waals surface area contributed by atoms with Crippen LogP contribution in [0, 0.1) is 6.92 Å². The van der Waals surface area contributed by atoms with Gasteiger partial charge in [-0.1, -0.05) is 29.9 Å². The molecule has 0 radical (unpaired) electrons. The molecule has 1 aliphatic rings. The summed E-state index contributed by atoms with van der Waals surface area (Å²) in [6.45, 7) is 9.38. The Bertz CT molecular complexity index is 1150.